The number of rotatable bonds is 2. The molecule has 13 heavy (non-hydrogen) atoms. The summed E-state index contributed by atoms with van der Waals surface area (Å²) in [5.74, 6) is 0.244. The van der Waals surface area contributed by atoms with Gasteiger partial charge in [0.05, 0.1) is 12.0 Å². The van der Waals surface area contributed by atoms with Gasteiger partial charge in [-0.2, -0.15) is 5.26 Å². The molecule has 1 aliphatic carbocycles. The van der Waals surface area contributed by atoms with Crippen molar-refractivity contribution in [3.63, 3.8) is 0 Å². The monoisotopic (exact) mass is 210 g/mol. The molecule has 0 saturated heterocycles. The van der Waals surface area contributed by atoms with Crippen LogP contribution in [0.15, 0.2) is 15.9 Å². The average Bonchev–Trinajstić information content (AvgIpc) is 2.76. The third kappa shape index (κ3) is 2.04. The fourth-order valence-electron chi connectivity index (χ4n) is 1.61. The minimum absolute atomic E-state index is 0.244. The van der Waals surface area contributed by atoms with Crippen LogP contribution >= 0.6 is 23.1 Å². The molecular formula is C9H10N2S2. The predicted octanol–water partition coefficient (Wildman–Crippen LogP) is 2.93. The standard InChI is InChI=1S/C9H10N2S2/c10-6-7-2-1-3-8(7)13-9-11-4-5-12-9/h4-5,7-8H,1-3H2. The van der Waals surface area contributed by atoms with Crippen LogP contribution in [0.5, 0.6) is 0 Å². The zero-order valence-corrected chi connectivity index (χ0v) is 8.77. The minimum atomic E-state index is 0.244. The molecule has 0 N–H and O–H groups in total. The molecule has 1 heterocycles. The molecule has 0 radical (unpaired) electrons. The molecule has 1 aliphatic rings. The van der Waals surface area contributed by atoms with E-state index in [4.69, 9.17) is 5.26 Å². The zero-order chi connectivity index (χ0) is 9.10. The maximum atomic E-state index is 8.88. The summed E-state index contributed by atoms with van der Waals surface area (Å²) in [5.41, 5.74) is 0. The Kier molecular flexibility index (Phi) is 2.87. The van der Waals surface area contributed by atoms with Gasteiger partial charge in [-0.3, -0.25) is 0 Å². The topological polar surface area (TPSA) is 36.7 Å². The molecule has 0 aliphatic heterocycles. The summed E-state index contributed by atoms with van der Waals surface area (Å²) < 4.78 is 1.10. The first-order chi connectivity index (χ1) is 6.40. The van der Waals surface area contributed by atoms with Crippen molar-refractivity contribution in [1.82, 2.24) is 4.98 Å². The number of aromatic nitrogens is 1. The Morgan fingerprint density at radius 3 is 3.23 bits per heavy atom. The molecule has 0 aromatic carbocycles. The van der Waals surface area contributed by atoms with Crippen molar-refractivity contribution in [3.05, 3.63) is 11.6 Å². The first-order valence-electron chi connectivity index (χ1n) is 4.36. The summed E-state index contributed by atoms with van der Waals surface area (Å²) in [4.78, 5) is 4.22. The van der Waals surface area contributed by atoms with Gasteiger partial charge in [0, 0.05) is 16.8 Å². The second-order valence-corrected chi connectivity index (χ2v) is 5.50. The van der Waals surface area contributed by atoms with Gasteiger partial charge in [0.15, 0.2) is 0 Å². The molecule has 2 rings (SSSR count). The van der Waals surface area contributed by atoms with Crippen molar-refractivity contribution in [3.8, 4) is 6.07 Å². The molecule has 1 saturated carbocycles. The molecule has 2 unspecified atom stereocenters. The minimum Gasteiger partial charge on any atom is -0.238 e. The van der Waals surface area contributed by atoms with Crippen LogP contribution in [0.3, 0.4) is 0 Å². The van der Waals surface area contributed by atoms with E-state index in [1.807, 2.05) is 11.6 Å². The molecule has 0 amide bonds. The number of nitrogens with zero attached hydrogens (tertiary/aromatic N) is 2. The number of hydrogen-bond acceptors (Lipinski definition) is 4. The number of thioether (sulfide) groups is 1. The molecule has 68 valence electrons. The van der Waals surface area contributed by atoms with E-state index in [-0.39, 0.29) is 5.92 Å². The Morgan fingerprint density at radius 2 is 2.54 bits per heavy atom. The van der Waals surface area contributed by atoms with Crippen molar-refractivity contribution in [2.75, 3.05) is 0 Å². The second kappa shape index (κ2) is 4.12. The first-order valence-corrected chi connectivity index (χ1v) is 6.12. The Labute approximate surface area is 86.0 Å². The van der Waals surface area contributed by atoms with E-state index in [9.17, 15) is 0 Å². The summed E-state index contributed by atoms with van der Waals surface area (Å²) >= 11 is 3.44. The molecule has 2 atom stereocenters. The lowest BCUT2D eigenvalue weighted by atomic mass is 10.1. The molecule has 1 aromatic rings. The van der Waals surface area contributed by atoms with Crippen molar-refractivity contribution in [2.24, 2.45) is 5.92 Å². The van der Waals surface area contributed by atoms with Crippen LogP contribution in [-0.4, -0.2) is 10.2 Å². The van der Waals surface area contributed by atoms with Gasteiger partial charge in [-0.15, -0.1) is 11.3 Å². The van der Waals surface area contributed by atoms with Gasteiger partial charge >= 0.3 is 0 Å². The van der Waals surface area contributed by atoms with Gasteiger partial charge in [0.2, 0.25) is 0 Å². The van der Waals surface area contributed by atoms with E-state index in [1.54, 1.807) is 23.1 Å². The summed E-state index contributed by atoms with van der Waals surface area (Å²) in [6.45, 7) is 0. The van der Waals surface area contributed by atoms with Crippen LogP contribution in [0.25, 0.3) is 0 Å². The van der Waals surface area contributed by atoms with Crippen molar-refractivity contribution in [2.45, 2.75) is 28.9 Å². The summed E-state index contributed by atoms with van der Waals surface area (Å²) in [6, 6.07) is 2.38. The highest BCUT2D eigenvalue weighted by Gasteiger charge is 2.28. The smallest absolute Gasteiger partial charge is 0.150 e. The van der Waals surface area contributed by atoms with Gasteiger partial charge in [-0.25, -0.2) is 4.98 Å². The molecule has 4 heteroatoms. The first kappa shape index (κ1) is 9.04. The molecular weight excluding hydrogens is 200 g/mol. The number of nitriles is 1. The highest BCUT2D eigenvalue weighted by atomic mass is 32.2. The van der Waals surface area contributed by atoms with E-state index in [0.717, 1.165) is 10.8 Å². The van der Waals surface area contributed by atoms with Gasteiger partial charge in [0.1, 0.15) is 4.34 Å². The van der Waals surface area contributed by atoms with Crippen molar-refractivity contribution >= 4 is 23.1 Å². The van der Waals surface area contributed by atoms with E-state index in [1.165, 1.54) is 12.8 Å². The number of thiazole rings is 1. The van der Waals surface area contributed by atoms with E-state index in [2.05, 4.69) is 11.1 Å². The van der Waals surface area contributed by atoms with E-state index < -0.39 is 0 Å². The SMILES string of the molecule is N#CC1CCCC1Sc1nccs1. The largest absolute Gasteiger partial charge is 0.238 e. The van der Waals surface area contributed by atoms with Gasteiger partial charge in [-0.05, 0) is 12.8 Å². The van der Waals surface area contributed by atoms with Gasteiger partial charge in [0.25, 0.3) is 0 Å². The van der Waals surface area contributed by atoms with E-state index in [0.29, 0.717) is 5.25 Å². The summed E-state index contributed by atoms with van der Waals surface area (Å²) in [5, 5.41) is 11.4. The van der Waals surface area contributed by atoms with Crippen molar-refractivity contribution in [1.29, 1.82) is 5.26 Å². The highest BCUT2D eigenvalue weighted by molar-refractivity contribution is 8.01. The van der Waals surface area contributed by atoms with Gasteiger partial charge < -0.3 is 0 Å². The Hall–Kier alpha value is -0.530. The fraction of sp³-hybridized carbons (Fsp3) is 0.556. The predicted molar refractivity (Wildman–Crippen MR) is 54.7 cm³/mol. The van der Waals surface area contributed by atoms with Crippen LogP contribution in [0.2, 0.25) is 0 Å². The molecule has 1 aromatic heterocycles. The van der Waals surface area contributed by atoms with Crippen LogP contribution in [0.1, 0.15) is 19.3 Å². The normalized spacial score (nSPS) is 27.3. The highest BCUT2D eigenvalue weighted by Crippen LogP contribution is 2.39. The lowest BCUT2D eigenvalue weighted by Crippen LogP contribution is -2.06. The fourth-order valence-corrected chi connectivity index (χ4v) is 3.76. The lowest BCUT2D eigenvalue weighted by molar-refractivity contribution is 0.714. The lowest BCUT2D eigenvalue weighted by Gasteiger charge is -2.09. The maximum absolute atomic E-state index is 8.88. The molecule has 0 spiro atoms. The summed E-state index contributed by atoms with van der Waals surface area (Å²) in [7, 11) is 0. The third-order valence-corrected chi connectivity index (χ3v) is 4.60. The molecule has 1 fully saturated rings. The van der Waals surface area contributed by atoms with Crippen LogP contribution in [0.4, 0.5) is 0 Å². The Balaban J connectivity index is 1.99. The van der Waals surface area contributed by atoms with E-state index >= 15 is 0 Å². The molecule has 2 nitrogen and oxygen atoms in total. The second-order valence-electron chi connectivity index (χ2n) is 3.12. The van der Waals surface area contributed by atoms with Crippen LogP contribution < -0.4 is 0 Å². The molecule has 0 bridgehead atoms. The zero-order valence-electron chi connectivity index (χ0n) is 7.14. The quantitative estimate of drug-likeness (QED) is 0.753. The summed E-state index contributed by atoms with van der Waals surface area (Å²) in [6.07, 6.45) is 5.26. The number of hydrogen-bond donors (Lipinski definition) is 0. The average molecular weight is 210 g/mol. The van der Waals surface area contributed by atoms with Gasteiger partial charge in [-0.1, -0.05) is 18.2 Å². The Bertz CT molecular complexity index is 302. The van der Waals surface area contributed by atoms with Crippen molar-refractivity contribution < 1.29 is 0 Å². The maximum Gasteiger partial charge on any atom is 0.150 e. The van der Waals surface area contributed by atoms with Crippen LogP contribution in [-0.2, 0) is 0 Å². The third-order valence-electron chi connectivity index (χ3n) is 2.28. The van der Waals surface area contributed by atoms with Crippen LogP contribution in [0, 0.1) is 17.2 Å². The Morgan fingerprint density at radius 1 is 1.62 bits per heavy atom.